The van der Waals surface area contributed by atoms with Crippen molar-refractivity contribution in [1.29, 1.82) is 0 Å². The molecule has 0 spiro atoms. The van der Waals surface area contributed by atoms with Crippen molar-refractivity contribution in [3.8, 4) is 0 Å². The third-order valence-electron chi connectivity index (χ3n) is 2.86. The second kappa shape index (κ2) is 6.06. The Kier molecular flexibility index (Phi) is 5.22. The van der Waals surface area contributed by atoms with E-state index in [0.29, 0.717) is 18.5 Å². The molecule has 0 bridgehead atoms. The van der Waals surface area contributed by atoms with Crippen molar-refractivity contribution in [2.24, 2.45) is 0 Å². The van der Waals surface area contributed by atoms with Gasteiger partial charge in [0.15, 0.2) is 0 Å². The molecule has 0 radical (unpaired) electrons. The first-order valence-electron chi connectivity index (χ1n) is 5.85. The maximum atomic E-state index is 13.1. The molecule has 1 aromatic carbocycles. The molecule has 1 atom stereocenters. The van der Waals surface area contributed by atoms with Gasteiger partial charge in [-0.3, -0.25) is 0 Å². The molecule has 1 aromatic rings. The van der Waals surface area contributed by atoms with Gasteiger partial charge in [0.05, 0.1) is 0 Å². The summed E-state index contributed by atoms with van der Waals surface area (Å²) in [6.45, 7) is 3.42. The van der Waals surface area contributed by atoms with E-state index in [2.05, 4.69) is 21.2 Å². The fraction of sp³-hybridized carbons (Fsp3) is 0.538. The lowest BCUT2D eigenvalue weighted by molar-refractivity contribution is -0.191. The molecule has 0 aliphatic rings. The number of hydrogen-bond donors (Lipinski definition) is 1. The molecule has 18 heavy (non-hydrogen) atoms. The molecule has 0 heterocycles. The third-order valence-corrected chi connectivity index (χ3v) is 3.39. The van der Waals surface area contributed by atoms with E-state index in [1.165, 1.54) is 6.92 Å². The van der Waals surface area contributed by atoms with Crippen LogP contribution in [0.15, 0.2) is 28.7 Å². The second-order valence-electron chi connectivity index (χ2n) is 4.56. The van der Waals surface area contributed by atoms with Crippen LogP contribution in [0.2, 0.25) is 0 Å². The second-order valence-corrected chi connectivity index (χ2v) is 5.48. The Morgan fingerprint density at radius 2 is 1.72 bits per heavy atom. The highest BCUT2D eigenvalue weighted by Gasteiger charge is 2.50. The lowest BCUT2D eigenvalue weighted by Crippen LogP contribution is -2.56. The number of rotatable bonds is 5. The van der Waals surface area contributed by atoms with Crippen LogP contribution in [-0.4, -0.2) is 18.3 Å². The predicted octanol–water partition coefficient (Wildman–Crippen LogP) is 4.31. The summed E-state index contributed by atoms with van der Waals surface area (Å²) in [7, 11) is 0. The molecule has 0 aliphatic heterocycles. The molecule has 1 unspecified atom stereocenters. The Balaban J connectivity index is 2.88. The Morgan fingerprint density at radius 1 is 1.17 bits per heavy atom. The summed E-state index contributed by atoms with van der Waals surface area (Å²) in [6.07, 6.45) is -3.66. The van der Waals surface area contributed by atoms with E-state index in [9.17, 15) is 13.2 Å². The molecule has 0 aliphatic carbocycles. The van der Waals surface area contributed by atoms with E-state index in [1.807, 2.05) is 6.92 Å². The summed E-state index contributed by atoms with van der Waals surface area (Å²) >= 11 is 3.27. The molecule has 0 saturated heterocycles. The van der Waals surface area contributed by atoms with Crippen LogP contribution in [0.5, 0.6) is 0 Å². The van der Waals surface area contributed by atoms with Crippen molar-refractivity contribution in [2.45, 2.75) is 38.4 Å². The van der Waals surface area contributed by atoms with Crippen molar-refractivity contribution in [3.05, 3.63) is 34.3 Å². The minimum absolute atomic E-state index is 0.0657. The summed E-state index contributed by atoms with van der Waals surface area (Å²) in [5.74, 6) is 0. The third kappa shape index (κ3) is 3.99. The topological polar surface area (TPSA) is 12.0 Å². The fourth-order valence-corrected chi connectivity index (χ4v) is 1.94. The van der Waals surface area contributed by atoms with Gasteiger partial charge in [0, 0.05) is 4.47 Å². The van der Waals surface area contributed by atoms with E-state index in [0.717, 1.165) is 4.47 Å². The largest absolute Gasteiger partial charge is 0.406 e. The first-order chi connectivity index (χ1) is 8.28. The molecule has 1 nitrogen and oxygen atoms in total. The summed E-state index contributed by atoms with van der Waals surface area (Å²) in [6, 6.07) is 6.93. The van der Waals surface area contributed by atoms with Crippen molar-refractivity contribution < 1.29 is 13.2 Å². The predicted molar refractivity (Wildman–Crippen MR) is 70.6 cm³/mol. The van der Waals surface area contributed by atoms with Crippen LogP contribution in [0, 0.1) is 0 Å². The van der Waals surface area contributed by atoms with E-state index >= 15 is 0 Å². The van der Waals surface area contributed by atoms with Gasteiger partial charge in [-0.1, -0.05) is 35.0 Å². The normalized spacial score (nSPS) is 15.4. The van der Waals surface area contributed by atoms with Gasteiger partial charge in [-0.15, -0.1) is 0 Å². The Hall–Kier alpha value is -0.550. The first kappa shape index (κ1) is 15.5. The van der Waals surface area contributed by atoms with Gasteiger partial charge in [-0.25, -0.2) is 0 Å². The van der Waals surface area contributed by atoms with Crippen LogP contribution in [0.3, 0.4) is 0 Å². The summed E-state index contributed by atoms with van der Waals surface area (Å²) in [5, 5.41) is 2.61. The van der Waals surface area contributed by atoms with Gasteiger partial charge in [-0.05, 0) is 44.0 Å². The van der Waals surface area contributed by atoms with E-state index in [1.54, 1.807) is 24.3 Å². The van der Waals surface area contributed by atoms with Crippen LogP contribution in [0.1, 0.15) is 25.8 Å². The minimum atomic E-state index is -4.27. The summed E-state index contributed by atoms with van der Waals surface area (Å²) in [4.78, 5) is 0. The molecule has 0 saturated carbocycles. The van der Waals surface area contributed by atoms with Gasteiger partial charge in [-0.2, -0.15) is 13.2 Å². The molecule has 1 N–H and O–H groups in total. The van der Waals surface area contributed by atoms with Crippen LogP contribution in [-0.2, 0) is 6.42 Å². The zero-order valence-electron chi connectivity index (χ0n) is 10.4. The van der Waals surface area contributed by atoms with Gasteiger partial charge < -0.3 is 5.32 Å². The Morgan fingerprint density at radius 3 is 2.17 bits per heavy atom. The number of benzene rings is 1. The molecule has 102 valence electrons. The molecule has 0 aromatic heterocycles. The van der Waals surface area contributed by atoms with E-state index < -0.39 is 11.7 Å². The Bertz CT molecular complexity index is 375. The van der Waals surface area contributed by atoms with Crippen molar-refractivity contribution in [2.75, 3.05) is 6.54 Å². The summed E-state index contributed by atoms with van der Waals surface area (Å²) in [5.41, 5.74) is -1.21. The zero-order valence-corrected chi connectivity index (χ0v) is 12.0. The molecule has 5 heteroatoms. The highest BCUT2D eigenvalue weighted by molar-refractivity contribution is 9.10. The number of alkyl halides is 3. The average Bonchev–Trinajstić information content (AvgIpc) is 2.28. The molecule has 0 amide bonds. The first-order valence-corrected chi connectivity index (χ1v) is 6.64. The van der Waals surface area contributed by atoms with Gasteiger partial charge in [0.1, 0.15) is 5.54 Å². The monoisotopic (exact) mass is 323 g/mol. The maximum absolute atomic E-state index is 13.1. The molecular weight excluding hydrogens is 307 g/mol. The van der Waals surface area contributed by atoms with Crippen LogP contribution >= 0.6 is 15.9 Å². The van der Waals surface area contributed by atoms with Crippen LogP contribution in [0.25, 0.3) is 0 Å². The lowest BCUT2D eigenvalue weighted by atomic mass is 9.92. The number of halogens is 4. The Labute approximate surface area is 114 Å². The van der Waals surface area contributed by atoms with Gasteiger partial charge in [0.25, 0.3) is 0 Å². The van der Waals surface area contributed by atoms with Crippen molar-refractivity contribution in [1.82, 2.24) is 5.32 Å². The lowest BCUT2D eigenvalue weighted by Gasteiger charge is -2.33. The van der Waals surface area contributed by atoms with Crippen LogP contribution in [0.4, 0.5) is 13.2 Å². The highest BCUT2D eigenvalue weighted by Crippen LogP contribution is 2.33. The van der Waals surface area contributed by atoms with Crippen LogP contribution < -0.4 is 5.32 Å². The standard InChI is InChI=1S/C13H17BrF3N/c1-3-8-18-12(2,13(15,16)17)9-10-4-6-11(14)7-5-10/h4-7,18H,3,8-9H2,1-2H3. The zero-order chi connectivity index (χ0) is 13.8. The maximum Gasteiger partial charge on any atom is 0.406 e. The molecule has 1 rings (SSSR count). The minimum Gasteiger partial charge on any atom is -0.304 e. The van der Waals surface area contributed by atoms with Crippen molar-refractivity contribution >= 4 is 15.9 Å². The van der Waals surface area contributed by atoms with E-state index in [4.69, 9.17) is 0 Å². The number of nitrogens with one attached hydrogen (secondary N) is 1. The average molecular weight is 324 g/mol. The quantitative estimate of drug-likeness (QED) is 0.851. The van der Waals surface area contributed by atoms with Gasteiger partial charge >= 0.3 is 6.18 Å². The summed E-state index contributed by atoms with van der Waals surface area (Å²) < 4.78 is 40.2. The van der Waals surface area contributed by atoms with E-state index in [-0.39, 0.29) is 6.42 Å². The number of hydrogen-bond acceptors (Lipinski definition) is 1. The molecular formula is C13H17BrF3N. The van der Waals surface area contributed by atoms with Gasteiger partial charge in [0.2, 0.25) is 0 Å². The highest BCUT2D eigenvalue weighted by atomic mass is 79.9. The van der Waals surface area contributed by atoms with Crippen molar-refractivity contribution in [3.63, 3.8) is 0 Å². The SMILES string of the molecule is CCCNC(C)(Cc1ccc(Br)cc1)C(F)(F)F. The fourth-order valence-electron chi connectivity index (χ4n) is 1.67. The smallest absolute Gasteiger partial charge is 0.304 e. The molecule has 0 fully saturated rings.